The summed E-state index contributed by atoms with van der Waals surface area (Å²) in [4.78, 5) is 2.40. The SMILES string of the molecule is CC.CCNC1CCCN(C)C1. The molecule has 0 bridgehead atoms. The fourth-order valence-electron chi connectivity index (χ4n) is 1.62. The van der Waals surface area contributed by atoms with E-state index in [0.29, 0.717) is 0 Å². The highest BCUT2D eigenvalue weighted by Gasteiger charge is 2.14. The predicted molar refractivity (Wildman–Crippen MR) is 55.5 cm³/mol. The molecule has 1 aliphatic rings. The van der Waals surface area contributed by atoms with Crippen molar-refractivity contribution in [2.75, 3.05) is 26.7 Å². The van der Waals surface area contributed by atoms with Gasteiger partial charge in [0, 0.05) is 12.6 Å². The quantitative estimate of drug-likeness (QED) is 0.682. The van der Waals surface area contributed by atoms with Gasteiger partial charge in [-0.1, -0.05) is 20.8 Å². The van der Waals surface area contributed by atoms with Crippen molar-refractivity contribution in [1.29, 1.82) is 0 Å². The smallest absolute Gasteiger partial charge is 0.0195 e. The summed E-state index contributed by atoms with van der Waals surface area (Å²) < 4.78 is 0. The Bertz CT molecular complexity index is 91.8. The minimum atomic E-state index is 0.753. The van der Waals surface area contributed by atoms with Gasteiger partial charge in [-0.05, 0) is 33.0 Å². The molecule has 1 fully saturated rings. The van der Waals surface area contributed by atoms with Gasteiger partial charge in [-0.15, -0.1) is 0 Å². The molecule has 1 unspecified atom stereocenters. The lowest BCUT2D eigenvalue weighted by Crippen LogP contribution is -2.43. The molecule has 0 spiro atoms. The molecule has 0 aromatic heterocycles. The molecule has 1 rings (SSSR count). The second-order valence-electron chi connectivity index (χ2n) is 3.16. The van der Waals surface area contributed by atoms with Gasteiger partial charge in [0.15, 0.2) is 0 Å². The van der Waals surface area contributed by atoms with E-state index in [-0.39, 0.29) is 0 Å². The van der Waals surface area contributed by atoms with Crippen molar-refractivity contribution < 1.29 is 0 Å². The normalized spacial score (nSPS) is 24.5. The van der Waals surface area contributed by atoms with Crippen LogP contribution in [0.15, 0.2) is 0 Å². The molecule has 2 heteroatoms. The van der Waals surface area contributed by atoms with E-state index < -0.39 is 0 Å². The van der Waals surface area contributed by atoms with Crippen molar-refractivity contribution in [2.24, 2.45) is 0 Å². The summed E-state index contributed by atoms with van der Waals surface area (Å²) in [5.41, 5.74) is 0. The molecular weight excluding hydrogens is 148 g/mol. The van der Waals surface area contributed by atoms with Crippen molar-refractivity contribution in [3.8, 4) is 0 Å². The van der Waals surface area contributed by atoms with Gasteiger partial charge < -0.3 is 10.2 Å². The van der Waals surface area contributed by atoms with Crippen LogP contribution >= 0.6 is 0 Å². The lowest BCUT2D eigenvalue weighted by Gasteiger charge is -2.29. The van der Waals surface area contributed by atoms with Crippen LogP contribution in [0.5, 0.6) is 0 Å². The highest BCUT2D eigenvalue weighted by atomic mass is 15.1. The van der Waals surface area contributed by atoms with E-state index in [9.17, 15) is 0 Å². The molecule has 0 aromatic rings. The fraction of sp³-hybridized carbons (Fsp3) is 1.00. The van der Waals surface area contributed by atoms with Gasteiger partial charge in [0.05, 0.1) is 0 Å². The molecule has 1 saturated heterocycles. The second-order valence-corrected chi connectivity index (χ2v) is 3.16. The Balaban J connectivity index is 0.000000561. The van der Waals surface area contributed by atoms with Crippen molar-refractivity contribution >= 4 is 0 Å². The first-order chi connectivity index (χ1) is 5.83. The van der Waals surface area contributed by atoms with Crippen molar-refractivity contribution in [3.05, 3.63) is 0 Å². The van der Waals surface area contributed by atoms with Gasteiger partial charge in [0.2, 0.25) is 0 Å². The molecule has 12 heavy (non-hydrogen) atoms. The Morgan fingerprint density at radius 3 is 2.58 bits per heavy atom. The van der Waals surface area contributed by atoms with Gasteiger partial charge in [-0.3, -0.25) is 0 Å². The molecule has 0 aromatic carbocycles. The average Bonchev–Trinajstić information content (AvgIpc) is 2.09. The van der Waals surface area contributed by atoms with Crippen LogP contribution in [0, 0.1) is 0 Å². The topological polar surface area (TPSA) is 15.3 Å². The maximum Gasteiger partial charge on any atom is 0.0195 e. The van der Waals surface area contributed by atoms with E-state index >= 15 is 0 Å². The van der Waals surface area contributed by atoms with Crippen molar-refractivity contribution in [3.63, 3.8) is 0 Å². The van der Waals surface area contributed by atoms with E-state index in [4.69, 9.17) is 0 Å². The van der Waals surface area contributed by atoms with Crippen LogP contribution in [0.4, 0.5) is 0 Å². The third-order valence-electron chi connectivity index (χ3n) is 2.12. The Labute approximate surface area is 77.3 Å². The number of likely N-dealkylation sites (tertiary alicyclic amines) is 1. The third-order valence-corrected chi connectivity index (χ3v) is 2.12. The Morgan fingerprint density at radius 1 is 1.42 bits per heavy atom. The third kappa shape index (κ3) is 4.73. The Hall–Kier alpha value is -0.0800. The van der Waals surface area contributed by atoms with E-state index in [1.54, 1.807) is 0 Å². The van der Waals surface area contributed by atoms with Crippen molar-refractivity contribution in [1.82, 2.24) is 10.2 Å². The molecule has 1 heterocycles. The van der Waals surface area contributed by atoms with Crippen LogP contribution in [0.1, 0.15) is 33.6 Å². The van der Waals surface area contributed by atoms with Crippen LogP contribution < -0.4 is 5.32 Å². The highest BCUT2D eigenvalue weighted by Crippen LogP contribution is 2.06. The Kier molecular flexibility index (Phi) is 7.51. The van der Waals surface area contributed by atoms with Gasteiger partial charge in [-0.2, -0.15) is 0 Å². The van der Waals surface area contributed by atoms with Gasteiger partial charge >= 0.3 is 0 Å². The number of hydrogen-bond donors (Lipinski definition) is 1. The second kappa shape index (κ2) is 7.56. The molecule has 0 radical (unpaired) electrons. The molecule has 0 saturated carbocycles. The standard InChI is InChI=1S/C8H18N2.C2H6/c1-3-9-8-5-4-6-10(2)7-8;1-2/h8-9H,3-7H2,1-2H3;1-2H3. The van der Waals surface area contributed by atoms with Gasteiger partial charge in [-0.25, -0.2) is 0 Å². The summed E-state index contributed by atoms with van der Waals surface area (Å²) in [7, 11) is 2.20. The zero-order valence-electron chi connectivity index (χ0n) is 9.06. The summed E-state index contributed by atoms with van der Waals surface area (Å²) in [5.74, 6) is 0. The van der Waals surface area contributed by atoms with Crippen LogP contribution in [0.2, 0.25) is 0 Å². The largest absolute Gasteiger partial charge is 0.313 e. The summed E-state index contributed by atoms with van der Waals surface area (Å²) in [6.45, 7) is 9.79. The van der Waals surface area contributed by atoms with Crippen molar-refractivity contribution in [2.45, 2.75) is 39.7 Å². The summed E-state index contributed by atoms with van der Waals surface area (Å²) in [5, 5.41) is 3.47. The maximum atomic E-state index is 3.47. The zero-order chi connectivity index (χ0) is 9.40. The van der Waals surface area contributed by atoms with E-state index in [2.05, 4.69) is 24.2 Å². The van der Waals surface area contributed by atoms with Crippen LogP contribution in [-0.2, 0) is 0 Å². The molecule has 0 aliphatic carbocycles. The van der Waals surface area contributed by atoms with Crippen LogP contribution in [-0.4, -0.2) is 37.6 Å². The number of rotatable bonds is 2. The van der Waals surface area contributed by atoms with E-state index in [0.717, 1.165) is 12.6 Å². The van der Waals surface area contributed by atoms with Crippen LogP contribution in [0.25, 0.3) is 0 Å². The van der Waals surface area contributed by atoms with E-state index in [1.807, 2.05) is 13.8 Å². The summed E-state index contributed by atoms with van der Waals surface area (Å²) in [6.07, 6.45) is 2.71. The first kappa shape index (κ1) is 11.9. The minimum Gasteiger partial charge on any atom is -0.313 e. The minimum absolute atomic E-state index is 0.753. The summed E-state index contributed by atoms with van der Waals surface area (Å²) in [6, 6.07) is 0.753. The molecule has 1 atom stereocenters. The molecule has 74 valence electrons. The predicted octanol–water partition coefficient (Wildman–Crippen LogP) is 1.72. The van der Waals surface area contributed by atoms with E-state index in [1.165, 1.54) is 25.9 Å². The Morgan fingerprint density at radius 2 is 2.08 bits per heavy atom. The lowest BCUT2D eigenvalue weighted by atomic mass is 10.1. The first-order valence-corrected chi connectivity index (χ1v) is 5.25. The monoisotopic (exact) mass is 172 g/mol. The number of hydrogen-bond acceptors (Lipinski definition) is 2. The number of piperidine rings is 1. The number of nitrogens with one attached hydrogen (secondary N) is 1. The molecular formula is C10H24N2. The lowest BCUT2D eigenvalue weighted by molar-refractivity contribution is 0.229. The maximum absolute atomic E-state index is 3.47. The first-order valence-electron chi connectivity index (χ1n) is 5.25. The average molecular weight is 172 g/mol. The van der Waals surface area contributed by atoms with Gasteiger partial charge in [0.25, 0.3) is 0 Å². The fourth-order valence-corrected chi connectivity index (χ4v) is 1.62. The molecule has 0 amide bonds. The number of nitrogens with zero attached hydrogens (tertiary/aromatic N) is 1. The molecule has 1 N–H and O–H groups in total. The highest BCUT2D eigenvalue weighted by molar-refractivity contribution is 4.75. The molecule has 1 aliphatic heterocycles. The van der Waals surface area contributed by atoms with Gasteiger partial charge in [0.1, 0.15) is 0 Å². The molecule has 2 nitrogen and oxygen atoms in total. The zero-order valence-corrected chi connectivity index (χ0v) is 9.06. The number of likely N-dealkylation sites (N-methyl/N-ethyl adjacent to an activating group) is 2. The summed E-state index contributed by atoms with van der Waals surface area (Å²) >= 11 is 0. The van der Waals surface area contributed by atoms with Crippen LogP contribution in [0.3, 0.4) is 0 Å².